The molecular weight excluding hydrogens is 263 g/mol. The summed E-state index contributed by atoms with van der Waals surface area (Å²) in [5.74, 6) is -1.16. The summed E-state index contributed by atoms with van der Waals surface area (Å²) in [6.07, 6.45) is 0. The van der Waals surface area contributed by atoms with Gasteiger partial charge in [-0.15, -0.1) is 0 Å². The van der Waals surface area contributed by atoms with Gasteiger partial charge >= 0.3 is 5.69 Å². The molecule has 6 nitrogen and oxygen atoms in total. The van der Waals surface area contributed by atoms with E-state index in [9.17, 15) is 22.9 Å². The molecule has 0 saturated carbocycles. The van der Waals surface area contributed by atoms with Gasteiger partial charge in [0.25, 0.3) is 0 Å². The van der Waals surface area contributed by atoms with E-state index in [1.165, 1.54) is 0 Å². The van der Waals surface area contributed by atoms with Gasteiger partial charge in [-0.1, -0.05) is 19.9 Å². The number of rotatable bonds is 5. The van der Waals surface area contributed by atoms with Crippen LogP contribution in [0.15, 0.2) is 23.1 Å². The summed E-state index contributed by atoms with van der Waals surface area (Å²) in [6, 6.07) is 3.03. The van der Waals surface area contributed by atoms with E-state index in [2.05, 4.69) is 0 Å². The fourth-order valence-electron chi connectivity index (χ4n) is 1.58. The molecule has 0 aromatic heterocycles. The van der Waals surface area contributed by atoms with E-state index in [4.69, 9.17) is 0 Å². The first-order valence-corrected chi connectivity index (χ1v) is 6.73. The van der Waals surface area contributed by atoms with Gasteiger partial charge in [-0.25, -0.2) is 8.42 Å². The lowest BCUT2D eigenvalue weighted by molar-refractivity contribution is -0.390. The van der Waals surface area contributed by atoms with Crippen LogP contribution in [0.2, 0.25) is 0 Å². The number of halogens is 1. The molecule has 8 heteroatoms. The zero-order valence-electron chi connectivity index (χ0n) is 9.96. The van der Waals surface area contributed by atoms with E-state index in [-0.39, 0.29) is 13.1 Å². The van der Waals surface area contributed by atoms with Crippen LogP contribution in [-0.4, -0.2) is 30.7 Å². The molecule has 0 unspecified atom stereocenters. The molecule has 100 valence electrons. The summed E-state index contributed by atoms with van der Waals surface area (Å²) < 4.78 is 38.7. The summed E-state index contributed by atoms with van der Waals surface area (Å²) in [5.41, 5.74) is -1.01. The molecule has 0 spiro atoms. The summed E-state index contributed by atoms with van der Waals surface area (Å²) in [6.45, 7) is 3.53. The molecular formula is C10H13FN2O4S. The Morgan fingerprint density at radius 1 is 1.33 bits per heavy atom. The molecule has 0 aliphatic rings. The van der Waals surface area contributed by atoms with Crippen LogP contribution in [0.1, 0.15) is 13.8 Å². The fourth-order valence-corrected chi connectivity index (χ4v) is 3.21. The second-order valence-corrected chi connectivity index (χ2v) is 5.34. The van der Waals surface area contributed by atoms with Gasteiger partial charge in [0, 0.05) is 13.1 Å². The summed E-state index contributed by atoms with van der Waals surface area (Å²) in [5, 5.41) is 10.8. The Bertz CT molecular complexity index is 555. The lowest BCUT2D eigenvalue weighted by atomic mass is 10.3. The number of nitrogens with zero attached hydrogens (tertiary/aromatic N) is 2. The van der Waals surface area contributed by atoms with Gasteiger partial charge in [0.15, 0.2) is 4.90 Å². The first kappa shape index (κ1) is 14.5. The van der Waals surface area contributed by atoms with Gasteiger partial charge < -0.3 is 0 Å². The van der Waals surface area contributed by atoms with Gasteiger partial charge in [-0.3, -0.25) is 10.1 Å². The monoisotopic (exact) mass is 276 g/mol. The number of benzene rings is 1. The van der Waals surface area contributed by atoms with Crippen LogP contribution in [0.5, 0.6) is 0 Å². The van der Waals surface area contributed by atoms with Crippen molar-refractivity contribution < 1.29 is 17.7 Å². The predicted molar refractivity (Wildman–Crippen MR) is 63.2 cm³/mol. The van der Waals surface area contributed by atoms with Gasteiger partial charge in [0.2, 0.25) is 15.8 Å². The molecule has 0 saturated heterocycles. The minimum Gasteiger partial charge on any atom is -0.258 e. The van der Waals surface area contributed by atoms with Crippen molar-refractivity contribution in [2.45, 2.75) is 18.7 Å². The quantitative estimate of drug-likeness (QED) is 0.606. The first-order chi connectivity index (χ1) is 8.36. The molecule has 0 radical (unpaired) electrons. The Morgan fingerprint density at radius 3 is 2.33 bits per heavy atom. The first-order valence-electron chi connectivity index (χ1n) is 5.29. The number of hydrogen-bond acceptors (Lipinski definition) is 4. The molecule has 1 aromatic rings. The molecule has 1 rings (SSSR count). The minimum atomic E-state index is -4.05. The Hall–Kier alpha value is -1.54. The molecule has 0 atom stereocenters. The summed E-state index contributed by atoms with van der Waals surface area (Å²) >= 11 is 0. The van der Waals surface area contributed by atoms with E-state index in [1.807, 2.05) is 0 Å². The number of para-hydroxylation sites is 1. The molecule has 0 heterocycles. The van der Waals surface area contributed by atoms with E-state index in [0.717, 1.165) is 22.5 Å². The standard InChI is InChI=1S/C10H13FN2O4S/c1-3-12(4-2)18(16,17)9-7-5-6-8(11)10(9)13(14)15/h5-7H,3-4H2,1-2H3. The van der Waals surface area contributed by atoms with Crippen LogP contribution in [0.25, 0.3) is 0 Å². The third-order valence-corrected chi connectivity index (χ3v) is 4.54. The van der Waals surface area contributed by atoms with Crippen molar-refractivity contribution in [2.24, 2.45) is 0 Å². The van der Waals surface area contributed by atoms with Crippen LogP contribution >= 0.6 is 0 Å². The zero-order valence-corrected chi connectivity index (χ0v) is 10.8. The normalized spacial score (nSPS) is 11.8. The highest BCUT2D eigenvalue weighted by molar-refractivity contribution is 7.89. The summed E-state index contributed by atoms with van der Waals surface area (Å²) in [4.78, 5) is 9.13. The smallest absolute Gasteiger partial charge is 0.258 e. The largest absolute Gasteiger partial charge is 0.324 e. The van der Waals surface area contributed by atoms with E-state index in [1.54, 1.807) is 13.8 Å². The van der Waals surface area contributed by atoms with Crippen molar-refractivity contribution >= 4 is 15.7 Å². The van der Waals surface area contributed by atoms with E-state index >= 15 is 0 Å². The second kappa shape index (κ2) is 5.40. The van der Waals surface area contributed by atoms with Crippen molar-refractivity contribution in [3.63, 3.8) is 0 Å². The zero-order chi connectivity index (χ0) is 13.9. The maximum atomic E-state index is 13.4. The van der Waals surface area contributed by atoms with Crippen molar-refractivity contribution in [2.75, 3.05) is 13.1 Å². The highest BCUT2D eigenvalue weighted by Crippen LogP contribution is 2.28. The average Bonchev–Trinajstić information content (AvgIpc) is 2.29. The molecule has 0 aliphatic carbocycles. The van der Waals surface area contributed by atoms with Crippen molar-refractivity contribution in [1.29, 1.82) is 0 Å². The molecule has 0 amide bonds. The number of hydrogen-bond donors (Lipinski definition) is 0. The van der Waals surface area contributed by atoms with Crippen molar-refractivity contribution in [3.8, 4) is 0 Å². The average molecular weight is 276 g/mol. The van der Waals surface area contributed by atoms with Gasteiger partial charge in [0.05, 0.1) is 4.92 Å². The fraction of sp³-hybridized carbons (Fsp3) is 0.400. The Morgan fingerprint density at radius 2 is 1.89 bits per heavy atom. The number of sulfonamides is 1. The second-order valence-electron chi connectivity index (χ2n) is 3.43. The van der Waals surface area contributed by atoms with Crippen LogP contribution in [0, 0.1) is 15.9 Å². The number of nitro groups is 1. The molecule has 0 fully saturated rings. The maximum Gasteiger partial charge on any atom is 0.324 e. The molecule has 0 N–H and O–H groups in total. The predicted octanol–water partition coefficient (Wildman–Crippen LogP) is 1.76. The third-order valence-electron chi connectivity index (χ3n) is 2.46. The molecule has 0 aliphatic heterocycles. The van der Waals surface area contributed by atoms with E-state index < -0.39 is 31.3 Å². The van der Waals surface area contributed by atoms with Crippen molar-refractivity contribution in [3.05, 3.63) is 34.1 Å². The highest BCUT2D eigenvalue weighted by Gasteiger charge is 2.32. The lowest BCUT2D eigenvalue weighted by Gasteiger charge is -2.18. The molecule has 0 bridgehead atoms. The van der Waals surface area contributed by atoms with Crippen LogP contribution in [-0.2, 0) is 10.0 Å². The Balaban J connectivity index is 3.51. The highest BCUT2D eigenvalue weighted by atomic mass is 32.2. The topological polar surface area (TPSA) is 80.5 Å². The third kappa shape index (κ3) is 2.49. The van der Waals surface area contributed by atoms with Gasteiger partial charge in [0.1, 0.15) is 0 Å². The SMILES string of the molecule is CCN(CC)S(=O)(=O)c1cccc(F)c1[N+](=O)[O-]. The molecule has 18 heavy (non-hydrogen) atoms. The van der Waals surface area contributed by atoms with Crippen LogP contribution in [0.4, 0.5) is 10.1 Å². The Labute approximate surface area is 104 Å². The summed E-state index contributed by atoms with van der Waals surface area (Å²) in [7, 11) is -4.05. The lowest BCUT2D eigenvalue weighted by Crippen LogP contribution is -2.31. The van der Waals surface area contributed by atoms with Gasteiger partial charge in [-0.2, -0.15) is 8.70 Å². The van der Waals surface area contributed by atoms with Gasteiger partial charge in [-0.05, 0) is 12.1 Å². The minimum absolute atomic E-state index is 0.159. The van der Waals surface area contributed by atoms with Crippen LogP contribution < -0.4 is 0 Å². The maximum absolute atomic E-state index is 13.4. The number of nitro benzene ring substituents is 1. The van der Waals surface area contributed by atoms with E-state index in [0.29, 0.717) is 0 Å². The Kier molecular flexibility index (Phi) is 4.36. The van der Waals surface area contributed by atoms with Crippen LogP contribution in [0.3, 0.4) is 0 Å². The van der Waals surface area contributed by atoms with Crippen molar-refractivity contribution in [1.82, 2.24) is 4.31 Å². The molecule has 1 aromatic carbocycles.